The van der Waals surface area contributed by atoms with E-state index in [0.29, 0.717) is 11.8 Å². The second-order valence-corrected chi connectivity index (χ2v) is 6.81. The maximum atomic E-state index is 12.3. The molecule has 2 aliphatic rings. The predicted molar refractivity (Wildman–Crippen MR) is 89.0 cm³/mol. The smallest absolute Gasteiger partial charge is 0.293 e. The van der Waals surface area contributed by atoms with Gasteiger partial charge in [-0.15, -0.1) is 10.2 Å². The van der Waals surface area contributed by atoms with Crippen molar-refractivity contribution in [1.82, 2.24) is 35.7 Å². The molecule has 26 heavy (non-hydrogen) atoms. The fourth-order valence-electron chi connectivity index (χ4n) is 3.36. The molecule has 2 aromatic heterocycles. The number of amides is 1. The summed E-state index contributed by atoms with van der Waals surface area (Å²) >= 11 is 0. The van der Waals surface area contributed by atoms with Crippen LogP contribution in [0.5, 0.6) is 0 Å². The standard InChI is InChI=1S/C17H17N7O2/c1-24-21-15(20-23-24)16(25)18-13-7-5-10-8-11(4-6-12(10)13)17-19-14(22-26-17)9-2-3-9/h4,6,8-9,13H,2-3,5,7H2,1H3,(H,18,25)/t13-/m1/s1. The summed E-state index contributed by atoms with van der Waals surface area (Å²) in [4.78, 5) is 18.0. The van der Waals surface area contributed by atoms with Crippen molar-refractivity contribution in [3.05, 3.63) is 41.0 Å². The van der Waals surface area contributed by atoms with Gasteiger partial charge in [0.2, 0.25) is 0 Å². The van der Waals surface area contributed by atoms with Crippen molar-refractivity contribution in [1.29, 1.82) is 0 Å². The third kappa shape index (κ3) is 2.65. The largest absolute Gasteiger partial charge is 0.342 e. The fourth-order valence-corrected chi connectivity index (χ4v) is 3.36. The molecule has 0 spiro atoms. The zero-order valence-electron chi connectivity index (χ0n) is 14.2. The lowest BCUT2D eigenvalue weighted by atomic mass is 10.0. The summed E-state index contributed by atoms with van der Waals surface area (Å²) in [5.74, 6) is 1.60. The number of tetrazole rings is 1. The number of fused-ring (bicyclic) bond motifs is 1. The van der Waals surface area contributed by atoms with Crippen molar-refractivity contribution in [2.24, 2.45) is 7.05 Å². The van der Waals surface area contributed by atoms with Crippen molar-refractivity contribution in [2.45, 2.75) is 37.6 Å². The highest BCUT2D eigenvalue weighted by Crippen LogP contribution is 2.39. The average molecular weight is 351 g/mol. The summed E-state index contributed by atoms with van der Waals surface area (Å²) in [7, 11) is 1.63. The molecule has 0 saturated heterocycles. The molecule has 5 rings (SSSR count). The van der Waals surface area contributed by atoms with Gasteiger partial charge in [0, 0.05) is 11.5 Å². The Morgan fingerprint density at radius 1 is 1.31 bits per heavy atom. The molecule has 1 aromatic carbocycles. The molecule has 1 fully saturated rings. The minimum Gasteiger partial charge on any atom is -0.342 e. The van der Waals surface area contributed by atoms with Gasteiger partial charge in [-0.1, -0.05) is 11.2 Å². The van der Waals surface area contributed by atoms with Gasteiger partial charge < -0.3 is 9.84 Å². The second-order valence-electron chi connectivity index (χ2n) is 6.81. The number of hydrogen-bond donors (Lipinski definition) is 1. The molecule has 9 nitrogen and oxygen atoms in total. The normalized spacial score (nSPS) is 18.7. The van der Waals surface area contributed by atoms with Crippen LogP contribution in [0.4, 0.5) is 0 Å². The van der Waals surface area contributed by atoms with Crippen LogP contribution >= 0.6 is 0 Å². The van der Waals surface area contributed by atoms with Gasteiger partial charge in [-0.05, 0) is 54.2 Å². The van der Waals surface area contributed by atoms with Gasteiger partial charge in [0.25, 0.3) is 17.6 Å². The minimum atomic E-state index is -0.314. The van der Waals surface area contributed by atoms with Crippen LogP contribution in [0.1, 0.15) is 58.8 Å². The Labute approximate surface area is 148 Å². The van der Waals surface area contributed by atoms with Crippen LogP contribution in [0.2, 0.25) is 0 Å². The highest BCUT2D eigenvalue weighted by atomic mass is 16.5. The highest BCUT2D eigenvalue weighted by Gasteiger charge is 2.30. The number of carbonyl (C=O) groups excluding carboxylic acids is 1. The number of benzene rings is 1. The molecule has 3 aromatic rings. The van der Waals surface area contributed by atoms with Crippen LogP contribution in [0.15, 0.2) is 22.7 Å². The monoisotopic (exact) mass is 351 g/mol. The molecular formula is C17H17N7O2. The van der Waals surface area contributed by atoms with Crippen LogP contribution in [0.3, 0.4) is 0 Å². The molecule has 0 bridgehead atoms. The van der Waals surface area contributed by atoms with Gasteiger partial charge >= 0.3 is 0 Å². The Balaban J connectivity index is 1.35. The Hall–Kier alpha value is -3.10. The van der Waals surface area contributed by atoms with E-state index < -0.39 is 0 Å². The first-order valence-electron chi connectivity index (χ1n) is 8.69. The lowest BCUT2D eigenvalue weighted by molar-refractivity contribution is 0.0926. The van der Waals surface area contributed by atoms with Crippen molar-refractivity contribution >= 4 is 5.91 Å². The van der Waals surface area contributed by atoms with Crippen LogP contribution in [0.25, 0.3) is 11.5 Å². The van der Waals surface area contributed by atoms with Gasteiger partial charge in [-0.2, -0.15) is 9.78 Å². The first-order chi connectivity index (χ1) is 12.7. The quantitative estimate of drug-likeness (QED) is 0.759. The summed E-state index contributed by atoms with van der Waals surface area (Å²) < 4.78 is 5.41. The van der Waals surface area contributed by atoms with Crippen LogP contribution < -0.4 is 5.32 Å². The molecule has 1 atom stereocenters. The molecule has 1 amide bonds. The summed E-state index contributed by atoms with van der Waals surface area (Å²) in [6.45, 7) is 0. The van der Waals surface area contributed by atoms with E-state index in [4.69, 9.17) is 4.52 Å². The third-order valence-electron chi connectivity index (χ3n) is 4.87. The Kier molecular flexibility index (Phi) is 3.34. The minimum absolute atomic E-state index is 0.0555. The van der Waals surface area contributed by atoms with E-state index in [0.717, 1.165) is 42.6 Å². The number of rotatable bonds is 4. The van der Waals surface area contributed by atoms with Gasteiger partial charge in [-0.3, -0.25) is 4.79 Å². The molecule has 0 unspecified atom stereocenters. The third-order valence-corrected chi connectivity index (χ3v) is 4.87. The molecule has 2 aliphatic carbocycles. The van der Waals surface area contributed by atoms with Gasteiger partial charge in [0.05, 0.1) is 13.1 Å². The highest BCUT2D eigenvalue weighted by molar-refractivity contribution is 5.90. The molecule has 2 heterocycles. The Morgan fingerprint density at radius 3 is 2.96 bits per heavy atom. The van der Waals surface area contributed by atoms with Crippen molar-refractivity contribution in [2.75, 3.05) is 0 Å². The number of carbonyl (C=O) groups is 1. The van der Waals surface area contributed by atoms with E-state index >= 15 is 0 Å². The van der Waals surface area contributed by atoms with E-state index in [1.54, 1.807) is 7.05 Å². The maximum absolute atomic E-state index is 12.3. The van der Waals surface area contributed by atoms with Gasteiger partial charge in [0.15, 0.2) is 5.82 Å². The molecule has 1 saturated carbocycles. The van der Waals surface area contributed by atoms with Gasteiger partial charge in [-0.25, -0.2) is 0 Å². The molecule has 0 aliphatic heterocycles. The van der Waals surface area contributed by atoms with E-state index in [2.05, 4.69) is 36.9 Å². The number of hydrogen-bond acceptors (Lipinski definition) is 7. The van der Waals surface area contributed by atoms with E-state index in [1.165, 1.54) is 10.4 Å². The summed E-state index contributed by atoms with van der Waals surface area (Å²) in [5, 5.41) is 18.4. The van der Waals surface area contributed by atoms with Crippen molar-refractivity contribution in [3.63, 3.8) is 0 Å². The number of nitrogens with zero attached hydrogens (tertiary/aromatic N) is 6. The lowest BCUT2D eigenvalue weighted by Gasteiger charge is -2.12. The first kappa shape index (κ1) is 15.2. The van der Waals surface area contributed by atoms with Crippen LogP contribution in [-0.4, -0.2) is 36.3 Å². The van der Waals surface area contributed by atoms with Crippen LogP contribution in [0, 0.1) is 0 Å². The van der Waals surface area contributed by atoms with Gasteiger partial charge in [0.1, 0.15) is 0 Å². The topological polar surface area (TPSA) is 112 Å². The Bertz CT molecular complexity index is 989. The maximum Gasteiger partial charge on any atom is 0.293 e. The predicted octanol–water partition coefficient (Wildman–Crippen LogP) is 1.55. The Morgan fingerprint density at radius 2 is 2.19 bits per heavy atom. The lowest BCUT2D eigenvalue weighted by Crippen LogP contribution is -2.28. The van der Waals surface area contributed by atoms with Crippen molar-refractivity contribution in [3.8, 4) is 11.5 Å². The van der Waals surface area contributed by atoms with Crippen LogP contribution in [-0.2, 0) is 13.5 Å². The molecule has 1 N–H and O–H groups in total. The number of aromatic nitrogens is 6. The number of nitrogens with one attached hydrogen (secondary N) is 1. The SMILES string of the molecule is Cn1nnc(C(=O)N[C@@H]2CCc3cc(-c4nc(C5CC5)no4)ccc32)n1. The zero-order valence-corrected chi connectivity index (χ0v) is 14.2. The molecule has 0 radical (unpaired) electrons. The summed E-state index contributed by atoms with van der Waals surface area (Å²) in [5.41, 5.74) is 3.21. The molecular weight excluding hydrogens is 334 g/mol. The molecule has 9 heteroatoms. The summed E-state index contributed by atoms with van der Waals surface area (Å²) in [6.07, 6.45) is 4.00. The fraction of sp³-hybridized carbons (Fsp3) is 0.412. The second kappa shape index (κ2) is 5.72. The number of aryl methyl sites for hydroxylation is 2. The van der Waals surface area contributed by atoms with E-state index in [1.807, 2.05) is 12.1 Å². The van der Waals surface area contributed by atoms with Crippen molar-refractivity contribution < 1.29 is 9.32 Å². The summed E-state index contributed by atoms with van der Waals surface area (Å²) in [6, 6.07) is 6.01. The average Bonchev–Trinajstić information content (AvgIpc) is 3.06. The van der Waals surface area contributed by atoms with E-state index in [9.17, 15) is 4.79 Å². The first-order valence-corrected chi connectivity index (χ1v) is 8.69. The van der Waals surface area contributed by atoms with E-state index in [-0.39, 0.29) is 17.8 Å². The zero-order chi connectivity index (χ0) is 17.7. The molecule has 132 valence electrons.